The summed E-state index contributed by atoms with van der Waals surface area (Å²) in [6.45, 7) is 0.284. The van der Waals surface area contributed by atoms with E-state index in [0.717, 1.165) is 0 Å². The number of halogens is 2. The maximum absolute atomic E-state index is 5.80. The van der Waals surface area contributed by atoms with Gasteiger partial charge in [0.05, 0.1) is 0 Å². The van der Waals surface area contributed by atoms with Crippen LogP contribution in [0.4, 0.5) is 0 Å². The monoisotopic (exact) mass is 287 g/mol. The number of aromatic nitrogens is 1. The lowest BCUT2D eigenvalue weighted by Crippen LogP contribution is -1.95. The average Bonchev–Trinajstić information content (AvgIpc) is 2.62. The molecule has 0 atom stereocenters. The first kappa shape index (κ1) is 10.5. The molecule has 0 radical (unpaired) electrons. The minimum atomic E-state index is 0.284. The summed E-state index contributed by atoms with van der Waals surface area (Å²) >= 11 is 8.99. The van der Waals surface area contributed by atoms with E-state index in [1.54, 1.807) is 12.1 Å². The fourth-order valence-electron chi connectivity index (χ4n) is 1.06. The van der Waals surface area contributed by atoms with Crippen LogP contribution in [0.2, 0.25) is 5.02 Å². The highest BCUT2D eigenvalue weighted by Crippen LogP contribution is 2.18. The number of oxazole rings is 1. The van der Waals surface area contributed by atoms with Gasteiger partial charge in [0.2, 0.25) is 5.89 Å². The van der Waals surface area contributed by atoms with Crippen molar-refractivity contribution in [1.82, 2.24) is 4.98 Å². The minimum absolute atomic E-state index is 0.284. The number of hydrogen-bond donors (Lipinski definition) is 0. The number of nitrogens with zero attached hydrogens (tertiary/aromatic N) is 1. The zero-order valence-corrected chi connectivity index (χ0v) is 9.96. The van der Waals surface area contributed by atoms with Gasteiger partial charge >= 0.3 is 0 Å². The van der Waals surface area contributed by atoms with Gasteiger partial charge in [-0.15, -0.1) is 0 Å². The molecule has 0 saturated carbocycles. The van der Waals surface area contributed by atoms with Gasteiger partial charge in [-0.3, -0.25) is 0 Å². The average molecular weight is 289 g/mol. The second-order valence-electron chi connectivity index (χ2n) is 2.81. The number of hydrogen-bond acceptors (Lipinski definition) is 3. The lowest BCUT2D eigenvalue weighted by Gasteiger charge is -2.02. The van der Waals surface area contributed by atoms with Crippen molar-refractivity contribution in [2.45, 2.75) is 6.61 Å². The molecule has 78 valence electrons. The van der Waals surface area contributed by atoms with E-state index >= 15 is 0 Å². The van der Waals surface area contributed by atoms with Crippen LogP contribution in [0.3, 0.4) is 0 Å². The summed E-state index contributed by atoms with van der Waals surface area (Å²) in [5, 5.41) is 0.640. The second-order valence-corrected chi connectivity index (χ2v) is 4.06. The van der Waals surface area contributed by atoms with Gasteiger partial charge in [0.25, 0.3) is 0 Å². The Labute approximate surface area is 100 Å². The Bertz CT molecular complexity index is 458. The molecule has 0 N–H and O–H groups in total. The molecule has 0 unspecified atom stereocenters. The van der Waals surface area contributed by atoms with Crippen molar-refractivity contribution in [3.05, 3.63) is 46.0 Å². The van der Waals surface area contributed by atoms with E-state index in [0.29, 0.717) is 21.3 Å². The molecule has 0 aliphatic rings. The lowest BCUT2D eigenvalue weighted by molar-refractivity contribution is 0.263. The van der Waals surface area contributed by atoms with Gasteiger partial charge in [-0.1, -0.05) is 17.7 Å². The molecule has 15 heavy (non-hydrogen) atoms. The molecule has 0 amide bonds. The van der Waals surface area contributed by atoms with Gasteiger partial charge in [-0.05, 0) is 34.1 Å². The van der Waals surface area contributed by atoms with Crippen molar-refractivity contribution >= 4 is 27.5 Å². The minimum Gasteiger partial charge on any atom is -0.484 e. The first-order valence-electron chi connectivity index (χ1n) is 4.22. The molecule has 1 heterocycles. The third kappa shape index (κ3) is 2.97. The van der Waals surface area contributed by atoms with E-state index in [9.17, 15) is 0 Å². The highest BCUT2D eigenvalue weighted by atomic mass is 79.9. The van der Waals surface area contributed by atoms with Crippen molar-refractivity contribution in [1.29, 1.82) is 0 Å². The summed E-state index contributed by atoms with van der Waals surface area (Å²) in [5.74, 6) is 1.21. The van der Waals surface area contributed by atoms with E-state index in [1.165, 1.54) is 6.26 Å². The zero-order valence-electron chi connectivity index (χ0n) is 7.61. The molecule has 0 aliphatic heterocycles. The Morgan fingerprint density at radius 1 is 1.47 bits per heavy atom. The highest BCUT2D eigenvalue weighted by Gasteiger charge is 2.02. The first-order chi connectivity index (χ1) is 7.24. The maximum atomic E-state index is 5.80. The van der Waals surface area contributed by atoms with Gasteiger partial charge < -0.3 is 9.15 Å². The molecule has 5 heteroatoms. The largest absolute Gasteiger partial charge is 0.484 e. The predicted octanol–water partition coefficient (Wildman–Crippen LogP) is 3.67. The molecule has 0 spiro atoms. The Morgan fingerprint density at radius 2 is 2.33 bits per heavy atom. The van der Waals surface area contributed by atoms with Crippen LogP contribution < -0.4 is 4.74 Å². The van der Waals surface area contributed by atoms with Gasteiger partial charge in [-0.25, -0.2) is 4.98 Å². The lowest BCUT2D eigenvalue weighted by atomic mass is 10.3. The topological polar surface area (TPSA) is 35.3 Å². The smallest absolute Gasteiger partial charge is 0.233 e. The molecule has 3 nitrogen and oxygen atoms in total. The summed E-state index contributed by atoms with van der Waals surface area (Å²) < 4.78 is 11.2. The van der Waals surface area contributed by atoms with E-state index in [4.69, 9.17) is 20.8 Å². The van der Waals surface area contributed by atoms with Gasteiger partial charge in [0.15, 0.2) is 6.61 Å². The van der Waals surface area contributed by atoms with Crippen molar-refractivity contribution in [3.63, 3.8) is 0 Å². The SMILES string of the molecule is Clc1cccc(OCc2nc(Br)co2)c1. The van der Waals surface area contributed by atoms with E-state index in [-0.39, 0.29) is 6.61 Å². The van der Waals surface area contributed by atoms with E-state index in [2.05, 4.69) is 20.9 Å². The molecule has 0 saturated heterocycles. The van der Waals surface area contributed by atoms with Crippen LogP contribution >= 0.6 is 27.5 Å². The molecule has 2 aromatic rings. The Kier molecular flexibility index (Phi) is 3.28. The molecule has 1 aromatic carbocycles. The summed E-state index contributed by atoms with van der Waals surface area (Å²) in [6.07, 6.45) is 1.51. The van der Waals surface area contributed by atoms with Crippen LogP contribution in [0.1, 0.15) is 5.89 Å². The van der Waals surface area contributed by atoms with Crippen LogP contribution in [-0.4, -0.2) is 4.98 Å². The maximum Gasteiger partial charge on any atom is 0.233 e. The molecular formula is C10H7BrClNO2. The molecule has 1 aromatic heterocycles. The molecule has 2 rings (SSSR count). The van der Waals surface area contributed by atoms with Crippen LogP contribution in [0.15, 0.2) is 39.5 Å². The second kappa shape index (κ2) is 4.68. The van der Waals surface area contributed by atoms with Gasteiger partial charge in [0.1, 0.15) is 16.6 Å². The Balaban J connectivity index is 1.99. The van der Waals surface area contributed by atoms with Crippen molar-refractivity contribution in [2.24, 2.45) is 0 Å². The van der Waals surface area contributed by atoms with Crippen LogP contribution in [0.5, 0.6) is 5.75 Å². The van der Waals surface area contributed by atoms with E-state index in [1.807, 2.05) is 12.1 Å². The van der Waals surface area contributed by atoms with Crippen LogP contribution in [0, 0.1) is 0 Å². The highest BCUT2D eigenvalue weighted by molar-refractivity contribution is 9.10. The summed E-state index contributed by atoms with van der Waals surface area (Å²) in [4.78, 5) is 4.04. The van der Waals surface area contributed by atoms with Crippen LogP contribution in [0.25, 0.3) is 0 Å². The van der Waals surface area contributed by atoms with E-state index < -0.39 is 0 Å². The first-order valence-corrected chi connectivity index (χ1v) is 5.39. The Morgan fingerprint density at radius 3 is 3.00 bits per heavy atom. The quantitative estimate of drug-likeness (QED) is 0.864. The molecular weight excluding hydrogens is 281 g/mol. The number of rotatable bonds is 3. The predicted molar refractivity (Wildman–Crippen MR) is 60.0 cm³/mol. The van der Waals surface area contributed by atoms with Gasteiger partial charge in [-0.2, -0.15) is 0 Å². The van der Waals surface area contributed by atoms with Crippen molar-refractivity contribution in [2.75, 3.05) is 0 Å². The zero-order chi connectivity index (χ0) is 10.7. The number of ether oxygens (including phenoxy) is 1. The van der Waals surface area contributed by atoms with Crippen molar-refractivity contribution in [3.8, 4) is 5.75 Å². The fraction of sp³-hybridized carbons (Fsp3) is 0.100. The van der Waals surface area contributed by atoms with Gasteiger partial charge in [0, 0.05) is 5.02 Å². The number of benzene rings is 1. The van der Waals surface area contributed by atoms with Crippen LogP contribution in [-0.2, 0) is 6.61 Å². The summed E-state index contributed by atoms with van der Waals surface area (Å²) in [6, 6.07) is 7.17. The summed E-state index contributed by atoms with van der Waals surface area (Å²) in [5.41, 5.74) is 0. The summed E-state index contributed by atoms with van der Waals surface area (Å²) in [7, 11) is 0. The molecule has 0 bridgehead atoms. The Hall–Kier alpha value is -1.00. The standard InChI is InChI=1S/C10H7BrClNO2/c11-9-5-15-10(13-9)6-14-8-3-1-2-7(12)4-8/h1-5H,6H2. The molecule has 0 fully saturated rings. The van der Waals surface area contributed by atoms with Crippen molar-refractivity contribution < 1.29 is 9.15 Å². The fourth-order valence-corrected chi connectivity index (χ4v) is 1.53. The third-order valence-electron chi connectivity index (χ3n) is 1.68. The normalized spacial score (nSPS) is 10.3. The third-order valence-corrected chi connectivity index (χ3v) is 2.28. The molecule has 0 aliphatic carbocycles.